The second-order valence-electron chi connectivity index (χ2n) is 9.39. The number of aromatic nitrogens is 4. The number of nitrogens with one attached hydrogen (secondary N) is 4. The summed E-state index contributed by atoms with van der Waals surface area (Å²) in [6.45, 7) is 2.97. The number of para-hydroxylation sites is 2. The van der Waals surface area contributed by atoms with Gasteiger partial charge in [0.1, 0.15) is 10.6 Å². The average Bonchev–Trinajstić information content (AvgIpc) is 3.38. The highest BCUT2D eigenvalue weighted by molar-refractivity contribution is 7.17. The molecule has 4 aromatic rings. The Balaban J connectivity index is 1.09. The van der Waals surface area contributed by atoms with Crippen molar-refractivity contribution in [2.24, 2.45) is 11.8 Å². The molecule has 196 valence electrons. The molecule has 2 amide bonds. The largest absolute Gasteiger partial charge is 0.477 e. The van der Waals surface area contributed by atoms with Gasteiger partial charge in [0.2, 0.25) is 11.9 Å². The number of aromatic carboxylic acids is 1. The van der Waals surface area contributed by atoms with Crippen molar-refractivity contribution in [1.82, 2.24) is 25.3 Å². The Labute approximate surface area is 229 Å². The first-order valence-corrected chi connectivity index (χ1v) is 13.3. The molecule has 0 bridgehead atoms. The Morgan fingerprint density at radius 3 is 2.53 bits per heavy atom. The number of aryl methyl sites for hydroxylation is 1. The molecular weight excluding hydrogens is 553 g/mol. The summed E-state index contributed by atoms with van der Waals surface area (Å²) in [7, 11) is 0. The number of nitrogens with zero attached hydrogens (tertiary/aromatic N) is 3. The fourth-order valence-electron chi connectivity index (χ4n) is 4.95. The van der Waals surface area contributed by atoms with Crippen LogP contribution in [0.2, 0.25) is 10.0 Å². The molecule has 6 rings (SSSR count). The third-order valence-electron chi connectivity index (χ3n) is 6.90. The van der Waals surface area contributed by atoms with Crippen LogP contribution in [0.4, 0.5) is 11.1 Å². The zero-order valence-electron chi connectivity index (χ0n) is 19.8. The Morgan fingerprint density at radius 1 is 1.13 bits per heavy atom. The van der Waals surface area contributed by atoms with Gasteiger partial charge in [-0.2, -0.15) is 0 Å². The highest BCUT2D eigenvalue weighted by atomic mass is 35.5. The number of piperidine rings is 1. The van der Waals surface area contributed by atoms with Crippen LogP contribution in [0.5, 0.6) is 0 Å². The van der Waals surface area contributed by atoms with Gasteiger partial charge in [-0.15, -0.1) is 0 Å². The second-order valence-corrected chi connectivity index (χ2v) is 11.1. The number of rotatable bonds is 7. The van der Waals surface area contributed by atoms with E-state index in [0.717, 1.165) is 16.9 Å². The lowest BCUT2D eigenvalue weighted by molar-refractivity contribution is -0.115. The molecule has 14 heteroatoms. The van der Waals surface area contributed by atoms with Gasteiger partial charge in [0.25, 0.3) is 5.91 Å². The average molecular weight is 574 g/mol. The third kappa shape index (κ3) is 4.38. The van der Waals surface area contributed by atoms with Gasteiger partial charge in [-0.3, -0.25) is 14.9 Å². The fourth-order valence-corrected chi connectivity index (χ4v) is 6.31. The van der Waals surface area contributed by atoms with E-state index in [9.17, 15) is 19.5 Å². The summed E-state index contributed by atoms with van der Waals surface area (Å²) in [5.41, 5.74) is 2.56. The van der Waals surface area contributed by atoms with Crippen molar-refractivity contribution < 1.29 is 19.5 Å². The second kappa shape index (κ2) is 9.29. The van der Waals surface area contributed by atoms with Crippen LogP contribution in [0.25, 0.3) is 11.0 Å². The van der Waals surface area contributed by atoms with Gasteiger partial charge in [-0.25, -0.2) is 14.8 Å². The van der Waals surface area contributed by atoms with Crippen molar-refractivity contribution >= 4 is 74.4 Å². The summed E-state index contributed by atoms with van der Waals surface area (Å²) in [6, 6.07) is 7.35. The van der Waals surface area contributed by atoms with E-state index in [-0.39, 0.29) is 57.4 Å². The number of carbonyl (C=O) groups is 3. The number of H-pyrrole nitrogens is 2. The Morgan fingerprint density at radius 2 is 1.87 bits per heavy atom. The molecule has 3 aromatic heterocycles. The van der Waals surface area contributed by atoms with E-state index in [0.29, 0.717) is 34.5 Å². The first kappa shape index (κ1) is 24.7. The van der Waals surface area contributed by atoms with Gasteiger partial charge in [-0.05, 0) is 19.1 Å². The number of hydrogen-bond donors (Lipinski definition) is 5. The molecular formula is C24H21Cl2N7O4S. The van der Waals surface area contributed by atoms with Crippen molar-refractivity contribution in [3.8, 4) is 0 Å². The van der Waals surface area contributed by atoms with E-state index in [1.807, 2.05) is 29.2 Å². The molecule has 0 unspecified atom stereocenters. The lowest BCUT2D eigenvalue weighted by Gasteiger charge is -2.19. The maximum atomic E-state index is 12.7. The van der Waals surface area contributed by atoms with E-state index in [1.54, 1.807) is 6.92 Å². The van der Waals surface area contributed by atoms with Crippen molar-refractivity contribution in [3.05, 3.63) is 56.3 Å². The lowest BCUT2D eigenvalue weighted by atomic mass is 10.2. The van der Waals surface area contributed by atoms with E-state index in [4.69, 9.17) is 23.2 Å². The molecule has 38 heavy (non-hydrogen) atoms. The molecule has 1 saturated heterocycles. The number of aromatic amines is 2. The zero-order valence-corrected chi connectivity index (χ0v) is 22.2. The first-order chi connectivity index (χ1) is 18.2. The number of hydrogen-bond acceptors (Lipinski definition) is 7. The predicted octanol–water partition coefficient (Wildman–Crippen LogP) is 3.71. The van der Waals surface area contributed by atoms with E-state index >= 15 is 0 Å². The summed E-state index contributed by atoms with van der Waals surface area (Å²) in [4.78, 5) is 53.9. The van der Waals surface area contributed by atoms with Crippen molar-refractivity contribution in [3.63, 3.8) is 0 Å². The smallest absolute Gasteiger partial charge is 0.347 e. The molecule has 2 fully saturated rings. The first-order valence-electron chi connectivity index (χ1n) is 11.8. The minimum absolute atomic E-state index is 0.00911. The Bertz CT molecular complexity index is 1570. The molecule has 11 nitrogen and oxygen atoms in total. The Kier molecular flexibility index (Phi) is 6.04. The molecule has 1 aromatic carbocycles. The zero-order chi connectivity index (χ0) is 26.7. The van der Waals surface area contributed by atoms with Gasteiger partial charge in [0.15, 0.2) is 5.13 Å². The number of benzene rings is 1. The molecule has 1 saturated carbocycles. The number of amides is 2. The van der Waals surface area contributed by atoms with Gasteiger partial charge >= 0.3 is 5.97 Å². The quantitative estimate of drug-likeness (QED) is 0.225. The third-order valence-corrected chi connectivity index (χ3v) is 8.99. The van der Waals surface area contributed by atoms with Crippen LogP contribution in [-0.4, -0.2) is 62.0 Å². The van der Waals surface area contributed by atoms with E-state index in [1.165, 1.54) is 0 Å². The lowest BCUT2D eigenvalue weighted by Crippen LogP contribution is -2.34. The highest BCUT2D eigenvalue weighted by Gasteiger charge is 2.57. The van der Waals surface area contributed by atoms with Crippen molar-refractivity contribution in [1.29, 1.82) is 0 Å². The van der Waals surface area contributed by atoms with Gasteiger partial charge in [0.05, 0.1) is 33.2 Å². The van der Waals surface area contributed by atoms with Crippen LogP contribution in [0.1, 0.15) is 31.5 Å². The number of carboxylic acid groups (broad SMARTS) is 1. The monoisotopic (exact) mass is 573 g/mol. The highest BCUT2D eigenvalue weighted by Crippen LogP contribution is 2.48. The molecule has 3 atom stereocenters. The number of carbonyl (C=O) groups excluding carboxylic acids is 2. The standard InChI is InChI=1S/C24H21Cl2N7O4S/c1-9-16(25)17(26)19(27-9)21(35)32-18-10-7-33(8-11(10)18)24-30-14(20(38-24)22(36)37)6-15(34)31-23-28-12-4-2-3-5-13(12)29-23/h2-5,10-11,18,27H,6-8H2,1H3,(H,32,35)(H,36,37)(H2,28,29,31,34)/t10-,11+,18-. The van der Waals surface area contributed by atoms with Crippen LogP contribution < -0.4 is 15.5 Å². The van der Waals surface area contributed by atoms with Crippen LogP contribution in [0.15, 0.2) is 24.3 Å². The molecule has 2 aliphatic rings. The SMILES string of the molecule is Cc1[nH]c(C(=O)N[C@@H]2[C@@H]3CN(c4nc(CC(=O)Nc5nc6ccccc6[nH]5)c(C(=O)O)s4)C[C@@H]32)c(Cl)c1Cl. The van der Waals surface area contributed by atoms with E-state index < -0.39 is 11.9 Å². The Hall–Kier alpha value is -3.61. The topological polar surface area (TPSA) is 156 Å². The van der Waals surface area contributed by atoms with Gasteiger partial charge in [-0.1, -0.05) is 46.7 Å². The normalized spacial score (nSPS) is 20.0. The maximum absolute atomic E-state index is 12.7. The molecule has 0 radical (unpaired) electrons. The summed E-state index contributed by atoms with van der Waals surface area (Å²) in [5.74, 6) is -1.16. The molecule has 4 heterocycles. The minimum atomic E-state index is -1.13. The molecule has 0 spiro atoms. The van der Waals surface area contributed by atoms with E-state index in [2.05, 4.69) is 30.6 Å². The van der Waals surface area contributed by atoms with Crippen LogP contribution in [0.3, 0.4) is 0 Å². The fraction of sp³-hybridized carbons (Fsp3) is 0.292. The number of halogens is 2. The van der Waals surface area contributed by atoms with Crippen LogP contribution in [-0.2, 0) is 11.2 Å². The number of anilines is 2. The molecule has 1 aliphatic carbocycles. The number of fused-ring (bicyclic) bond motifs is 2. The molecule has 5 N–H and O–H groups in total. The number of thiazole rings is 1. The van der Waals surface area contributed by atoms with Crippen LogP contribution in [0, 0.1) is 18.8 Å². The van der Waals surface area contributed by atoms with Crippen molar-refractivity contribution in [2.45, 2.75) is 19.4 Å². The van der Waals surface area contributed by atoms with Crippen LogP contribution >= 0.6 is 34.5 Å². The predicted molar refractivity (Wildman–Crippen MR) is 143 cm³/mol. The van der Waals surface area contributed by atoms with Crippen molar-refractivity contribution in [2.75, 3.05) is 23.3 Å². The van der Waals surface area contributed by atoms with Gasteiger partial charge < -0.3 is 25.3 Å². The summed E-state index contributed by atoms with van der Waals surface area (Å²) >= 11 is 13.3. The molecule has 1 aliphatic heterocycles. The maximum Gasteiger partial charge on any atom is 0.347 e. The minimum Gasteiger partial charge on any atom is -0.477 e. The number of carboxylic acids is 1. The van der Waals surface area contributed by atoms with Gasteiger partial charge in [0, 0.05) is 36.7 Å². The summed E-state index contributed by atoms with van der Waals surface area (Å²) < 4.78 is 0. The summed E-state index contributed by atoms with van der Waals surface area (Å²) in [5, 5.41) is 16.5. The summed E-state index contributed by atoms with van der Waals surface area (Å²) in [6.07, 6.45) is -0.201. The number of imidazole rings is 1.